The van der Waals surface area contributed by atoms with Gasteiger partial charge in [-0.05, 0) is 48.4 Å². The zero-order valence-corrected chi connectivity index (χ0v) is 15.3. The van der Waals surface area contributed by atoms with E-state index in [1.54, 1.807) is 12.1 Å². The Bertz CT molecular complexity index is 1070. The lowest BCUT2D eigenvalue weighted by molar-refractivity contribution is -0.110. The van der Waals surface area contributed by atoms with Gasteiger partial charge in [0.1, 0.15) is 0 Å². The summed E-state index contributed by atoms with van der Waals surface area (Å²) in [5.74, 6) is -0.133. The van der Waals surface area contributed by atoms with Crippen molar-refractivity contribution in [1.29, 1.82) is 0 Å². The molecule has 138 valence electrons. The normalized spacial score (nSPS) is 14.1. The molecule has 1 aliphatic rings. The van der Waals surface area contributed by atoms with Crippen molar-refractivity contribution in [3.8, 4) is 0 Å². The molecule has 1 heterocycles. The van der Waals surface area contributed by atoms with Gasteiger partial charge in [-0.3, -0.25) is 9.59 Å². The van der Waals surface area contributed by atoms with Crippen LogP contribution in [0.15, 0.2) is 72.8 Å². The van der Waals surface area contributed by atoms with Crippen LogP contribution in [0.4, 0.5) is 17.1 Å². The Morgan fingerprint density at radius 1 is 0.929 bits per heavy atom. The first kappa shape index (κ1) is 17.5. The summed E-state index contributed by atoms with van der Waals surface area (Å²) in [6.07, 6.45) is 0.640. The van der Waals surface area contributed by atoms with Crippen molar-refractivity contribution in [2.24, 2.45) is 0 Å². The predicted octanol–water partition coefficient (Wildman–Crippen LogP) is 4.50. The van der Waals surface area contributed by atoms with Crippen LogP contribution in [0.3, 0.4) is 0 Å². The minimum Gasteiger partial charge on any atom is -0.354 e. The molecule has 1 aliphatic heterocycles. The highest BCUT2D eigenvalue weighted by atomic mass is 16.2. The van der Waals surface area contributed by atoms with E-state index in [1.807, 2.05) is 67.6 Å². The standard InChI is InChI=1S/C23H19N3O2/c1-15-7-12-19-20(13-15)26-23(28)21(19)22(16-5-3-2-4-6-16)25-18-10-8-17(9-11-18)24-14-27/h2-14,25H,1H3,(H,24,27)(H,26,28)/b22-21-. The van der Waals surface area contributed by atoms with E-state index in [2.05, 4.69) is 16.0 Å². The molecule has 0 radical (unpaired) electrons. The van der Waals surface area contributed by atoms with Crippen LogP contribution in [-0.2, 0) is 9.59 Å². The Morgan fingerprint density at radius 3 is 2.36 bits per heavy atom. The maximum atomic E-state index is 12.8. The number of benzene rings is 3. The molecule has 28 heavy (non-hydrogen) atoms. The van der Waals surface area contributed by atoms with Gasteiger partial charge in [0.25, 0.3) is 5.91 Å². The molecule has 0 saturated carbocycles. The molecule has 2 amide bonds. The summed E-state index contributed by atoms with van der Waals surface area (Å²) in [6, 6.07) is 23.0. The van der Waals surface area contributed by atoms with Crippen LogP contribution < -0.4 is 16.0 Å². The highest BCUT2D eigenvalue weighted by Gasteiger charge is 2.28. The molecule has 0 atom stereocenters. The first-order valence-electron chi connectivity index (χ1n) is 8.95. The van der Waals surface area contributed by atoms with E-state index >= 15 is 0 Å². The molecule has 4 rings (SSSR count). The van der Waals surface area contributed by atoms with Gasteiger partial charge in [0.15, 0.2) is 0 Å². The van der Waals surface area contributed by atoms with Crippen molar-refractivity contribution in [2.75, 3.05) is 16.0 Å². The monoisotopic (exact) mass is 369 g/mol. The Labute approximate surface area is 163 Å². The minimum atomic E-state index is -0.133. The number of carbonyl (C=O) groups excluding carboxylic acids is 2. The lowest BCUT2D eigenvalue weighted by Gasteiger charge is -2.15. The smallest absolute Gasteiger partial charge is 0.258 e. The number of amides is 2. The molecule has 3 aromatic carbocycles. The van der Waals surface area contributed by atoms with Crippen molar-refractivity contribution < 1.29 is 9.59 Å². The molecule has 0 bridgehead atoms. The van der Waals surface area contributed by atoms with Gasteiger partial charge in [0.05, 0.1) is 11.3 Å². The number of aryl methyl sites for hydroxylation is 1. The van der Waals surface area contributed by atoms with Gasteiger partial charge in [-0.25, -0.2) is 0 Å². The van der Waals surface area contributed by atoms with E-state index in [4.69, 9.17) is 0 Å². The van der Waals surface area contributed by atoms with Crippen molar-refractivity contribution in [2.45, 2.75) is 6.92 Å². The average Bonchev–Trinajstić information content (AvgIpc) is 3.03. The van der Waals surface area contributed by atoms with E-state index < -0.39 is 0 Å². The first-order chi connectivity index (χ1) is 13.7. The summed E-state index contributed by atoms with van der Waals surface area (Å²) in [5, 5.41) is 8.98. The SMILES string of the molecule is Cc1ccc2c(c1)NC(=O)/C2=C(\Nc1ccc(NC=O)cc1)c1ccccc1. The number of carbonyl (C=O) groups is 2. The maximum absolute atomic E-state index is 12.8. The number of nitrogens with one attached hydrogen (secondary N) is 3. The van der Waals surface area contributed by atoms with Crippen molar-refractivity contribution in [1.82, 2.24) is 0 Å². The zero-order chi connectivity index (χ0) is 19.5. The van der Waals surface area contributed by atoms with Crippen LogP contribution in [0.1, 0.15) is 16.7 Å². The molecule has 0 unspecified atom stereocenters. The fraction of sp³-hybridized carbons (Fsp3) is 0.0435. The van der Waals surface area contributed by atoms with Crippen LogP contribution in [-0.4, -0.2) is 12.3 Å². The van der Waals surface area contributed by atoms with Crippen molar-refractivity contribution in [3.05, 3.63) is 89.5 Å². The first-order valence-corrected chi connectivity index (χ1v) is 8.95. The molecule has 5 heteroatoms. The lowest BCUT2D eigenvalue weighted by atomic mass is 9.99. The van der Waals surface area contributed by atoms with Crippen molar-refractivity contribution >= 4 is 40.6 Å². The fourth-order valence-corrected chi connectivity index (χ4v) is 3.28. The van der Waals surface area contributed by atoms with Crippen LogP contribution in [0, 0.1) is 6.92 Å². The summed E-state index contributed by atoms with van der Waals surface area (Å²) in [4.78, 5) is 23.4. The van der Waals surface area contributed by atoms with Gasteiger partial charge < -0.3 is 16.0 Å². The second-order valence-corrected chi connectivity index (χ2v) is 6.58. The quantitative estimate of drug-likeness (QED) is 0.458. The van der Waals surface area contributed by atoms with E-state index in [1.165, 1.54) is 0 Å². The van der Waals surface area contributed by atoms with Crippen LogP contribution in [0.2, 0.25) is 0 Å². The molecule has 0 fully saturated rings. The summed E-state index contributed by atoms with van der Waals surface area (Å²) in [7, 11) is 0. The van der Waals surface area contributed by atoms with Crippen molar-refractivity contribution in [3.63, 3.8) is 0 Å². The van der Waals surface area contributed by atoms with Gasteiger partial charge >= 0.3 is 0 Å². The van der Waals surface area contributed by atoms with E-state index in [0.717, 1.165) is 33.8 Å². The third kappa shape index (κ3) is 3.38. The van der Waals surface area contributed by atoms with Crippen LogP contribution in [0.5, 0.6) is 0 Å². The number of rotatable bonds is 5. The maximum Gasteiger partial charge on any atom is 0.258 e. The second kappa shape index (κ2) is 7.40. The van der Waals surface area contributed by atoms with Gasteiger partial charge in [-0.1, -0.05) is 42.5 Å². The predicted molar refractivity (Wildman–Crippen MR) is 113 cm³/mol. The molecule has 0 saturated heterocycles. The fourth-order valence-electron chi connectivity index (χ4n) is 3.28. The van der Waals surface area contributed by atoms with E-state index in [-0.39, 0.29) is 5.91 Å². The van der Waals surface area contributed by atoms with Crippen LogP contribution >= 0.6 is 0 Å². The van der Waals surface area contributed by atoms with Gasteiger partial charge in [0, 0.05) is 22.6 Å². The molecule has 5 nitrogen and oxygen atoms in total. The molecule has 0 aliphatic carbocycles. The molecule has 0 spiro atoms. The largest absolute Gasteiger partial charge is 0.354 e. The van der Waals surface area contributed by atoms with E-state index in [9.17, 15) is 9.59 Å². The lowest BCUT2D eigenvalue weighted by Crippen LogP contribution is -2.10. The molecular weight excluding hydrogens is 350 g/mol. The summed E-state index contributed by atoms with van der Waals surface area (Å²) >= 11 is 0. The molecule has 0 aromatic heterocycles. The number of fused-ring (bicyclic) bond motifs is 1. The third-order valence-electron chi connectivity index (χ3n) is 4.61. The molecule has 3 N–H and O–H groups in total. The Kier molecular flexibility index (Phi) is 4.64. The Hall–Kier alpha value is -3.86. The van der Waals surface area contributed by atoms with Gasteiger partial charge in [-0.2, -0.15) is 0 Å². The Balaban J connectivity index is 1.82. The summed E-state index contributed by atoms with van der Waals surface area (Å²) in [5.41, 5.74) is 6.56. The number of hydrogen-bond donors (Lipinski definition) is 3. The highest BCUT2D eigenvalue weighted by molar-refractivity contribution is 6.37. The Morgan fingerprint density at radius 2 is 1.64 bits per heavy atom. The average molecular weight is 369 g/mol. The number of hydrogen-bond acceptors (Lipinski definition) is 3. The van der Waals surface area contributed by atoms with E-state index in [0.29, 0.717) is 17.7 Å². The summed E-state index contributed by atoms with van der Waals surface area (Å²) in [6.45, 7) is 2.00. The topological polar surface area (TPSA) is 70.2 Å². The zero-order valence-electron chi connectivity index (χ0n) is 15.3. The molecular formula is C23H19N3O2. The van der Waals surface area contributed by atoms with Gasteiger partial charge in [-0.15, -0.1) is 0 Å². The third-order valence-corrected chi connectivity index (χ3v) is 4.61. The second-order valence-electron chi connectivity index (χ2n) is 6.58. The summed E-state index contributed by atoms with van der Waals surface area (Å²) < 4.78 is 0. The minimum absolute atomic E-state index is 0.133. The van der Waals surface area contributed by atoms with Gasteiger partial charge in [0.2, 0.25) is 6.41 Å². The highest BCUT2D eigenvalue weighted by Crippen LogP contribution is 2.38. The molecule has 3 aromatic rings. The van der Waals surface area contributed by atoms with Crippen LogP contribution in [0.25, 0.3) is 11.3 Å². The number of anilines is 3.